The highest BCUT2D eigenvalue weighted by Crippen LogP contribution is 2.27. The van der Waals surface area contributed by atoms with E-state index in [0.29, 0.717) is 22.9 Å². The highest BCUT2D eigenvalue weighted by molar-refractivity contribution is 7.11. The van der Waals surface area contributed by atoms with Crippen molar-refractivity contribution in [3.05, 3.63) is 44.9 Å². The average Bonchev–Trinajstić information content (AvgIpc) is 3.42. The summed E-state index contributed by atoms with van der Waals surface area (Å²) >= 11 is 1.87. The lowest BCUT2D eigenvalue weighted by Gasteiger charge is -2.22. The number of amides is 1. The Morgan fingerprint density at radius 3 is 2.87 bits per heavy atom. The van der Waals surface area contributed by atoms with Gasteiger partial charge in [-0.15, -0.1) is 11.3 Å². The van der Waals surface area contributed by atoms with Crippen LogP contribution in [0.2, 0.25) is 0 Å². The largest absolute Gasteiger partial charge is 0.341 e. The van der Waals surface area contributed by atoms with Gasteiger partial charge in [-0.1, -0.05) is 19.0 Å². The lowest BCUT2D eigenvalue weighted by molar-refractivity contribution is 0.0775. The molecular formula is C23H30N4O2S. The van der Waals surface area contributed by atoms with E-state index in [1.165, 1.54) is 9.75 Å². The first kappa shape index (κ1) is 21.0. The van der Waals surface area contributed by atoms with Crippen LogP contribution in [-0.2, 0) is 6.54 Å². The number of aromatic nitrogens is 2. The maximum absolute atomic E-state index is 13.4. The molecule has 0 aliphatic carbocycles. The highest BCUT2D eigenvalue weighted by atomic mass is 32.1. The third-order valence-corrected chi connectivity index (χ3v) is 6.87. The number of carbonyl (C=O) groups excluding carboxylic acids is 1. The Bertz CT molecular complexity index is 1050. The highest BCUT2D eigenvalue weighted by Gasteiger charge is 2.27. The normalized spacial score (nSPS) is 17.3. The second-order valence-electron chi connectivity index (χ2n) is 8.79. The fourth-order valence-electron chi connectivity index (χ4n) is 4.25. The van der Waals surface area contributed by atoms with Crippen LogP contribution in [0.4, 0.5) is 0 Å². The van der Waals surface area contributed by atoms with E-state index < -0.39 is 0 Å². The van der Waals surface area contributed by atoms with Crippen molar-refractivity contribution in [3.8, 4) is 0 Å². The summed E-state index contributed by atoms with van der Waals surface area (Å²) in [4.78, 5) is 25.0. The second kappa shape index (κ2) is 8.47. The molecule has 0 radical (unpaired) electrons. The van der Waals surface area contributed by atoms with Crippen LogP contribution >= 0.6 is 11.3 Å². The van der Waals surface area contributed by atoms with Gasteiger partial charge in [0.15, 0.2) is 0 Å². The molecule has 3 aromatic rings. The first-order valence-corrected chi connectivity index (χ1v) is 11.4. The van der Waals surface area contributed by atoms with Crippen molar-refractivity contribution in [2.75, 3.05) is 26.7 Å². The minimum Gasteiger partial charge on any atom is -0.341 e. The molecule has 3 aromatic heterocycles. The predicted octanol–water partition coefficient (Wildman–Crippen LogP) is 4.62. The van der Waals surface area contributed by atoms with Gasteiger partial charge in [0.05, 0.1) is 16.6 Å². The molecule has 4 rings (SSSR count). The Hall–Kier alpha value is -2.25. The standard InChI is InChI=1S/C23H30N4O2S/c1-14(2)20-10-19(21-16(4)25-29-22(21)24-20)23(28)26(5)11-17-8-9-27(12-17)13-18-7-6-15(3)30-18/h6-7,10,14,17H,8-9,11-13H2,1-5H3. The molecule has 1 aliphatic heterocycles. The number of thiophene rings is 1. The summed E-state index contributed by atoms with van der Waals surface area (Å²) in [7, 11) is 1.90. The van der Waals surface area contributed by atoms with Gasteiger partial charge >= 0.3 is 0 Å². The SMILES string of the molecule is Cc1ccc(CN2CCC(CN(C)C(=O)c3cc(C(C)C)nc4onc(C)c34)C2)s1. The van der Waals surface area contributed by atoms with E-state index in [0.717, 1.165) is 43.7 Å². The molecule has 1 amide bonds. The number of hydrogen-bond acceptors (Lipinski definition) is 6. The summed E-state index contributed by atoms with van der Waals surface area (Å²) in [6.07, 6.45) is 1.12. The molecule has 1 aliphatic rings. The zero-order valence-electron chi connectivity index (χ0n) is 18.4. The first-order chi connectivity index (χ1) is 14.3. The van der Waals surface area contributed by atoms with Crippen molar-refractivity contribution >= 4 is 28.3 Å². The second-order valence-corrected chi connectivity index (χ2v) is 10.2. The number of fused-ring (bicyclic) bond motifs is 1. The fourth-order valence-corrected chi connectivity index (χ4v) is 5.18. The van der Waals surface area contributed by atoms with E-state index in [1.54, 1.807) is 0 Å². The van der Waals surface area contributed by atoms with E-state index in [1.807, 2.05) is 36.3 Å². The quantitative estimate of drug-likeness (QED) is 0.576. The van der Waals surface area contributed by atoms with Crippen molar-refractivity contribution in [3.63, 3.8) is 0 Å². The van der Waals surface area contributed by atoms with Gasteiger partial charge in [-0.25, -0.2) is 4.98 Å². The molecule has 1 unspecified atom stereocenters. The Morgan fingerprint density at radius 2 is 2.17 bits per heavy atom. The number of carbonyl (C=O) groups is 1. The molecule has 1 fully saturated rings. The number of aryl methyl sites for hydroxylation is 2. The molecule has 30 heavy (non-hydrogen) atoms. The summed E-state index contributed by atoms with van der Waals surface area (Å²) in [5.74, 6) is 0.717. The lowest BCUT2D eigenvalue weighted by Crippen LogP contribution is -2.33. The Morgan fingerprint density at radius 1 is 1.37 bits per heavy atom. The molecule has 7 heteroatoms. The van der Waals surface area contributed by atoms with Gasteiger partial charge in [-0.3, -0.25) is 9.69 Å². The van der Waals surface area contributed by atoms with Crippen LogP contribution in [0, 0.1) is 19.8 Å². The number of hydrogen-bond donors (Lipinski definition) is 0. The predicted molar refractivity (Wildman–Crippen MR) is 120 cm³/mol. The van der Waals surface area contributed by atoms with Crippen LogP contribution in [0.5, 0.6) is 0 Å². The molecule has 1 saturated heterocycles. The number of likely N-dealkylation sites (tertiary alicyclic amines) is 1. The van der Waals surface area contributed by atoms with E-state index in [2.05, 4.69) is 47.9 Å². The van der Waals surface area contributed by atoms with Crippen molar-refractivity contribution in [2.24, 2.45) is 5.92 Å². The van der Waals surface area contributed by atoms with Crippen LogP contribution in [0.1, 0.15) is 57.7 Å². The minimum absolute atomic E-state index is 0.0166. The molecule has 160 valence electrons. The maximum atomic E-state index is 13.4. The van der Waals surface area contributed by atoms with Crippen molar-refractivity contribution in [1.82, 2.24) is 19.9 Å². The van der Waals surface area contributed by atoms with Crippen LogP contribution in [0.25, 0.3) is 11.1 Å². The van der Waals surface area contributed by atoms with E-state index in [9.17, 15) is 4.79 Å². The third-order valence-electron chi connectivity index (χ3n) is 5.88. The molecule has 0 bridgehead atoms. The smallest absolute Gasteiger partial charge is 0.259 e. The molecule has 0 N–H and O–H groups in total. The van der Waals surface area contributed by atoms with E-state index in [4.69, 9.17) is 4.52 Å². The van der Waals surface area contributed by atoms with Gasteiger partial charge in [0, 0.05) is 42.1 Å². The van der Waals surface area contributed by atoms with Crippen molar-refractivity contribution < 1.29 is 9.32 Å². The van der Waals surface area contributed by atoms with Crippen LogP contribution in [-0.4, -0.2) is 52.5 Å². The number of rotatable bonds is 6. The molecular weight excluding hydrogens is 396 g/mol. The molecule has 6 nitrogen and oxygen atoms in total. The summed E-state index contributed by atoms with van der Waals surface area (Å²) < 4.78 is 5.38. The number of nitrogens with zero attached hydrogens (tertiary/aromatic N) is 4. The van der Waals surface area contributed by atoms with Gasteiger partial charge < -0.3 is 9.42 Å². The molecule has 1 atom stereocenters. The van der Waals surface area contributed by atoms with Gasteiger partial charge in [-0.2, -0.15) is 0 Å². The lowest BCUT2D eigenvalue weighted by atomic mass is 10.0. The van der Waals surface area contributed by atoms with Gasteiger partial charge in [0.2, 0.25) is 0 Å². The maximum Gasteiger partial charge on any atom is 0.259 e. The Kier molecular flexibility index (Phi) is 5.93. The average molecular weight is 427 g/mol. The van der Waals surface area contributed by atoms with Gasteiger partial charge in [0.25, 0.3) is 11.6 Å². The van der Waals surface area contributed by atoms with Crippen LogP contribution in [0.3, 0.4) is 0 Å². The Balaban J connectivity index is 1.46. The zero-order valence-corrected chi connectivity index (χ0v) is 19.3. The third kappa shape index (κ3) is 4.27. The fraction of sp³-hybridized carbons (Fsp3) is 0.522. The van der Waals surface area contributed by atoms with Gasteiger partial charge in [-0.05, 0) is 56.8 Å². The summed E-state index contributed by atoms with van der Waals surface area (Å²) in [6, 6.07) is 6.33. The zero-order chi connectivity index (χ0) is 21.4. The van der Waals surface area contributed by atoms with Crippen LogP contribution < -0.4 is 0 Å². The summed E-state index contributed by atoms with van der Waals surface area (Å²) in [5.41, 5.74) is 2.67. The molecule has 0 saturated carbocycles. The van der Waals surface area contributed by atoms with Gasteiger partial charge in [0.1, 0.15) is 0 Å². The number of pyridine rings is 1. The molecule has 0 aromatic carbocycles. The first-order valence-electron chi connectivity index (χ1n) is 10.6. The molecule has 4 heterocycles. The minimum atomic E-state index is 0.0166. The van der Waals surface area contributed by atoms with E-state index in [-0.39, 0.29) is 11.8 Å². The molecule has 0 spiro atoms. The van der Waals surface area contributed by atoms with Crippen LogP contribution in [0.15, 0.2) is 22.7 Å². The Labute approximate surface area is 181 Å². The monoisotopic (exact) mass is 426 g/mol. The van der Waals surface area contributed by atoms with Crippen molar-refractivity contribution in [1.29, 1.82) is 0 Å². The van der Waals surface area contributed by atoms with Crippen molar-refractivity contribution in [2.45, 2.75) is 46.6 Å². The summed E-state index contributed by atoms with van der Waals surface area (Å²) in [5, 5.41) is 4.77. The summed E-state index contributed by atoms with van der Waals surface area (Å²) in [6.45, 7) is 12.0. The van der Waals surface area contributed by atoms with E-state index >= 15 is 0 Å². The topological polar surface area (TPSA) is 62.5 Å².